The highest BCUT2D eigenvalue weighted by molar-refractivity contribution is 7.18. The molecule has 0 bridgehead atoms. The molecule has 2 aliphatic rings. The minimum atomic E-state index is -0.200. The van der Waals surface area contributed by atoms with Crippen LogP contribution in [0.25, 0.3) is 33.0 Å². The molecule has 0 saturated carbocycles. The average Bonchev–Trinajstić information content (AvgIpc) is 3.94. The summed E-state index contributed by atoms with van der Waals surface area (Å²) in [7, 11) is 1.84. The Labute approximate surface area is 295 Å². The van der Waals surface area contributed by atoms with Crippen LogP contribution >= 0.6 is 11.3 Å². The van der Waals surface area contributed by atoms with Crippen LogP contribution in [0.3, 0.4) is 0 Å². The predicted molar refractivity (Wildman–Crippen MR) is 193 cm³/mol. The molecule has 5 aromatic rings. The Kier molecular flexibility index (Phi) is 9.76. The van der Waals surface area contributed by atoms with Crippen molar-refractivity contribution in [2.45, 2.75) is 39.7 Å². The van der Waals surface area contributed by atoms with Crippen LogP contribution in [-0.4, -0.2) is 115 Å². The smallest absolute Gasteiger partial charge is 0.236 e. The number of H-pyrrole nitrogens is 1. The molecule has 262 valence electrons. The molecule has 1 atom stereocenters. The number of ether oxygens (including phenoxy) is 1. The zero-order chi connectivity index (χ0) is 34.8. The number of amides is 2. The lowest BCUT2D eigenvalue weighted by Crippen LogP contribution is -2.51. The standard InChI is InChI=1S/C35H43N11O3S/c1-5-13-46(29-11-10-27-32(38-29)31(40-39-27)24-6-8-26(9-7-24)49-23(2)3)34(48)25-12-14-43(20-25)21-30(47)44-15-17-45(18-16-44)35-36-19-28(50-35)33-37-22-42(4)41-33/h6-11,19,22-23,25H,5,12-18,20-21H2,1-4H3,(H,39,40)/t25-/m1/s1. The Hall–Kier alpha value is -4.89. The highest BCUT2D eigenvalue weighted by Gasteiger charge is 2.34. The number of nitrogens with zero attached hydrogens (tertiary/aromatic N) is 10. The molecule has 0 aliphatic carbocycles. The van der Waals surface area contributed by atoms with Crippen LogP contribution in [0.2, 0.25) is 0 Å². The number of aromatic amines is 1. The van der Waals surface area contributed by atoms with E-state index in [0.29, 0.717) is 62.8 Å². The van der Waals surface area contributed by atoms with Gasteiger partial charge in [0.15, 0.2) is 11.0 Å². The molecule has 2 saturated heterocycles. The van der Waals surface area contributed by atoms with Crippen molar-refractivity contribution in [3.63, 3.8) is 0 Å². The van der Waals surface area contributed by atoms with Crippen LogP contribution in [0.4, 0.5) is 10.9 Å². The van der Waals surface area contributed by atoms with E-state index in [2.05, 4.69) is 42.0 Å². The van der Waals surface area contributed by atoms with Crippen molar-refractivity contribution in [3.05, 3.63) is 48.9 Å². The Morgan fingerprint density at radius 2 is 1.86 bits per heavy atom. The van der Waals surface area contributed by atoms with Gasteiger partial charge in [-0.1, -0.05) is 18.3 Å². The minimum absolute atomic E-state index is 0.0474. The summed E-state index contributed by atoms with van der Waals surface area (Å²) in [5.74, 6) is 2.03. The monoisotopic (exact) mass is 697 g/mol. The molecule has 50 heavy (non-hydrogen) atoms. The number of carbonyl (C=O) groups is 2. The summed E-state index contributed by atoms with van der Waals surface area (Å²) < 4.78 is 7.48. The van der Waals surface area contributed by atoms with Crippen molar-refractivity contribution >= 4 is 45.1 Å². The van der Waals surface area contributed by atoms with Gasteiger partial charge in [0.25, 0.3) is 0 Å². The van der Waals surface area contributed by atoms with E-state index >= 15 is 0 Å². The molecular formula is C35H43N11O3S. The molecule has 15 heteroatoms. The predicted octanol–water partition coefficient (Wildman–Crippen LogP) is 4.08. The van der Waals surface area contributed by atoms with Crippen LogP contribution in [0, 0.1) is 5.92 Å². The zero-order valence-electron chi connectivity index (χ0n) is 28.9. The van der Waals surface area contributed by atoms with E-state index in [1.807, 2.05) is 68.4 Å². The van der Waals surface area contributed by atoms with Gasteiger partial charge < -0.3 is 14.5 Å². The van der Waals surface area contributed by atoms with Gasteiger partial charge in [-0.05, 0) is 69.6 Å². The first-order chi connectivity index (χ1) is 24.2. The van der Waals surface area contributed by atoms with E-state index in [0.717, 1.165) is 52.0 Å². The fourth-order valence-electron chi connectivity index (χ4n) is 6.57. The van der Waals surface area contributed by atoms with E-state index in [4.69, 9.17) is 9.72 Å². The van der Waals surface area contributed by atoms with Gasteiger partial charge in [-0.3, -0.25) is 29.2 Å². The van der Waals surface area contributed by atoms with Crippen molar-refractivity contribution in [3.8, 4) is 27.7 Å². The zero-order valence-corrected chi connectivity index (χ0v) is 29.8. The number of hydrogen-bond donors (Lipinski definition) is 1. The third-order valence-electron chi connectivity index (χ3n) is 9.08. The topological polar surface area (TPSA) is 142 Å². The molecule has 0 spiro atoms. The van der Waals surface area contributed by atoms with Crippen LogP contribution in [0.1, 0.15) is 33.6 Å². The fraction of sp³-hybridized carbons (Fsp3) is 0.457. The third-order valence-corrected chi connectivity index (χ3v) is 10.1. The molecule has 7 rings (SSSR count). The number of hydrogen-bond acceptors (Lipinski definition) is 11. The van der Waals surface area contributed by atoms with Crippen LogP contribution in [0.15, 0.2) is 48.9 Å². The summed E-state index contributed by atoms with van der Waals surface area (Å²) in [6.07, 6.45) is 5.09. The lowest BCUT2D eigenvalue weighted by Gasteiger charge is -2.35. The molecule has 1 N–H and O–H groups in total. The number of rotatable bonds is 11. The maximum absolute atomic E-state index is 14.0. The Morgan fingerprint density at radius 1 is 1.06 bits per heavy atom. The van der Waals surface area contributed by atoms with Gasteiger partial charge in [-0.15, -0.1) is 0 Å². The minimum Gasteiger partial charge on any atom is -0.491 e. The molecule has 2 amide bonds. The van der Waals surface area contributed by atoms with Gasteiger partial charge in [0, 0.05) is 51.9 Å². The molecule has 0 radical (unpaired) electrons. The van der Waals surface area contributed by atoms with E-state index in [-0.39, 0.29) is 23.8 Å². The van der Waals surface area contributed by atoms with Crippen molar-refractivity contribution in [1.29, 1.82) is 0 Å². The SMILES string of the molecule is CCCN(C(=O)[C@@H]1CCN(CC(=O)N2CCN(c3ncc(-c4ncn(C)n4)s3)CC2)C1)c1ccc2[nH]nc(-c3ccc(OC(C)C)cc3)c2n1. The number of benzene rings is 1. The van der Waals surface area contributed by atoms with Crippen molar-refractivity contribution in [1.82, 2.24) is 44.7 Å². The number of aryl methyl sites for hydroxylation is 1. The van der Waals surface area contributed by atoms with Crippen molar-refractivity contribution < 1.29 is 14.3 Å². The summed E-state index contributed by atoms with van der Waals surface area (Å²) in [5, 5.41) is 12.9. The fourth-order valence-corrected chi connectivity index (χ4v) is 7.47. The number of carbonyl (C=O) groups excluding carboxylic acids is 2. The maximum Gasteiger partial charge on any atom is 0.236 e. The van der Waals surface area contributed by atoms with Crippen LogP contribution in [-0.2, 0) is 16.6 Å². The summed E-state index contributed by atoms with van der Waals surface area (Å²) in [5.41, 5.74) is 3.16. The van der Waals surface area contributed by atoms with Crippen LogP contribution < -0.4 is 14.5 Å². The lowest BCUT2D eigenvalue weighted by molar-refractivity contribution is -0.132. The van der Waals surface area contributed by atoms with Gasteiger partial charge in [-0.25, -0.2) is 15.0 Å². The number of nitrogens with one attached hydrogen (secondary N) is 1. The largest absolute Gasteiger partial charge is 0.491 e. The molecule has 0 unspecified atom stereocenters. The first-order valence-corrected chi connectivity index (χ1v) is 18.1. The number of aromatic nitrogens is 7. The van der Waals surface area contributed by atoms with Crippen LogP contribution in [0.5, 0.6) is 5.75 Å². The molecule has 6 heterocycles. The number of likely N-dealkylation sites (tertiary alicyclic amines) is 1. The highest BCUT2D eigenvalue weighted by Crippen LogP contribution is 2.31. The number of fused-ring (bicyclic) bond motifs is 1. The summed E-state index contributed by atoms with van der Waals surface area (Å²) in [6, 6.07) is 11.6. The Balaban J connectivity index is 0.955. The summed E-state index contributed by atoms with van der Waals surface area (Å²) in [4.78, 5) is 50.2. The molecule has 4 aromatic heterocycles. The molecule has 2 fully saturated rings. The molecule has 14 nitrogen and oxygen atoms in total. The van der Waals surface area contributed by atoms with Gasteiger partial charge in [0.1, 0.15) is 29.1 Å². The maximum atomic E-state index is 14.0. The van der Waals surface area contributed by atoms with E-state index in [9.17, 15) is 9.59 Å². The third kappa shape index (κ3) is 7.19. The number of piperazine rings is 1. The highest BCUT2D eigenvalue weighted by atomic mass is 32.1. The van der Waals surface area contributed by atoms with Crippen molar-refractivity contribution in [2.75, 3.05) is 62.2 Å². The Bertz CT molecular complexity index is 1940. The summed E-state index contributed by atoms with van der Waals surface area (Å²) >= 11 is 1.57. The van der Waals surface area contributed by atoms with Gasteiger partial charge in [0.2, 0.25) is 11.8 Å². The number of thiazole rings is 1. The average molecular weight is 698 g/mol. The number of pyridine rings is 1. The van der Waals surface area contributed by atoms with Gasteiger partial charge >= 0.3 is 0 Å². The van der Waals surface area contributed by atoms with Gasteiger partial charge in [0.05, 0.1) is 35.2 Å². The molecule has 2 aliphatic heterocycles. The van der Waals surface area contributed by atoms with Gasteiger partial charge in [-0.2, -0.15) is 10.2 Å². The second kappa shape index (κ2) is 14.5. The van der Waals surface area contributed by atoms with E-state index in [1.54, 1.807) is 27.2 Å². The van der Waals surface area contributed by atoms with E-state index in [1.165, 1.54) is 0 Å². The molecule has 1 aromatic carbocycles. The van der Waals surface area contributed by atoms with E-state index < -0.39 is 0 Å². The second-order valence-electron chi connectivity index (χ2n) is 13.2. The first-order valence-electron chi connectivity index (χ1n) is 17.3. The lowest BCUT2D eigenvalue weighted by atomic mass is 10.1. The van der Waals surface area contributed by atoms with Crippen molar-refractivity contribution in [2.24, 2.45) is 13.0 Å². The number of anilines is 2. The second-order valence-corrected chi connectivity index (χ2v) is 14.2. The first kappa shape index (κ1) is 33.6. The normalized spacial score (nSPS) is 16.9. The molecular weight excluding hydrogens is 655 g/mol. The quantitative estimate of drug-likeness (QED) is 0.215. The summed E-state index contributed by atoms with van der Waals surface area (Å²) in [6.45, 7) is 10.9. The Morgan fingerprint density at radius 3 is 2.58 bits per heavy atom.